The van der Waals surface area contributed by atoms with E-state index in [4.69, 9.17) is 0 Å². The number of hydrogen-bond acceptors (Lipinski definition) is 3. The Balaban J connectivity index is 0. The van der Waals surface area contributed by atoms with Crippen LogP contribution in [0.4, 0.5) is 22.6 Å². The van der Waals surface area contributed by atoms with Crippen LogP contribution in [0.3, 0.4) is 0 Å². The van der Waals surface area contributed by atoms with Gasteiger partial charge in [0.1, 0.15) is 5.75 Å². The monoisotopic (exact) mass is 338 g/mol. The van der Waals surface area contributed by atoms with Gasteiger partial charge in [-0.1, -0.05) is 37.8 Å². The van der Waals surface area contributed by atoms with Crippen molar-refractivity contribution in [3.05, 3.63) is 24.3 Å². The van der Waals surface area contributed by atoms with Gasteiger partial charge in [0.15, 0.2) is 0 Å². The first kappa shape index (κ1) is 21.1. The molecule has 10 heteroatoms. The number of halogens is 5. The Kier molecular flexibility index (Phi) is 6.90. The van der Waals surface area contributed by atoms with E-state index in [9.17, 15) is 21.6 Å². The molecule has 1 rings (SSSR count). The van der Waals surface area contributed by atoms with Crippen LogP contribution in [0.5, 0.6) is 5.75 Å². The number of hydrogen-bond donors (Lipinski definition) is 0. The van der Waals surface area contributed by atoms with E-state index in [1.54, 1.807) is 12.1 Å². The van der Waals surface area contributed by atoms with E-state index in [0.717, 1.165) is 0 Å². The molecule has 0 N–H and O–H groups in total. The highest BCUT2D eigenvalue weighted by atomic mass is 32.2. The van der Waals surface area contributed by atoms with Crippen LogP contribution >= 0.6 is 0 Å². The number of alkyl halides is 3. The molecule has 0 spiro atoms. The molecule has 0 saturated heterocycles. The first-order valence-electron chi connectivity index (χ1n) is 5.05. The maximum Gasteiger partial charge on any atom is 0.534 e. The second-order valence-electron chi connectivity index (χ2n) is 4.73. The molecule has 0 fully saturated rings. The first-order valence-corrected chi connectivity index (χ1v) is 9.96. The van der Waals surface area contributed by atoms with Crippen molar-refractivity contribution in [3.63, 3.8) is 0 Å². The van der Waals surface area contributed by atoms with E-state index < -0.39 is 23.7 Å². The van der Waals surface area contributed by atoms with Crippen molar-refractivity contribution in [2.45, 2.75) is 25.1 Å². The summed E-state index contributed by atoms with van der Waals surface area (Å²) in [4.78, 5) is 0. The van der Waals surface area contributed by atoms with E-state index in [2.05, 4.69) is 4.18 Å². The summed E-state index contributed by atoms with van der Waals surface area (Å²) in [6.45, 7) is 5.65. The molecule has 118 valence electrons. The predicted octanol–water partition coefficient (Wildman–Crippen LogP) is 2.77. The van der Waals surface area contributed by atoms with Crippen molar-refractivity contribution in [2.75, 3.05) is 0 Å². The highest BCUT2D eigenvalue weighted by molar-refractivity contribution is 7.88. The third kappa shape index (κ3) is 4.74. The zero-order valence-corrected chi connectivity index (χ0v) is 12.7. The predicted molar refractivity (Wildman–Crippen MR) is 70.0 cm³/mol. The summed E-state index contributed by atoms with van der Waals surface area (Å²) in [5.41, 5.74) is -5.42. The van der Waals surface area contributed by atoms with Gasteiger partial charge in [-0.25, -0.2) is 0 Å². The van der Waals surface area contributed by atoms with Gasteiger partial charge in [-0.3, -0.25) is 9.41 Å². The van der Waals surface area contributed by atoms with E-state index in [-0.39, 0.29) is 15.2 Å². The molecule has 1 aromatic carbocycles. The Hall–Kier alpha value is -1.16. The summed E-state index contributed by atoms with van der Waals surface area (Å²) in [5, 5.41) is 0.526. The smallest absolute Gasteiger partial charge is 0.376 e. The minimum Gasteiger partial charge on any atom is -0.376 e. The van der Waals surface area contributed by atoms with Crippen LogP contribution in [0.15, 0.2) is 24.3 Å². The molecule has 1 aromatic rings. The molecule has 0 saturated carbocycles. The number of para-hydroxylation sites is 1. The third-order valence-corrected chi connectivity index (χ3v) is 5.17. The van der Waals surface area contributed by atoms with Crippen molar-refractivity contribution in [1.29, 1.82) is 0 Å². The topological polar surface area (TPSA) is 43.4 Å². The van der Waals surface area contributed by atoms with E-state index >= 15 is 0 Å². The zero-order chi connectivity index (χ0) is 14.2. The lowest BCUT2D eigenvalue weighted by Gasteiger charge is -2.20. The van der Waals surface area contributed by atoms with Gasteiger partial charge in [-0.05, 0) is 11.3 Å². The molecule has 0 aromatic heterocycles. The molecular formula is C10H15F5O3SSi. The Morgan fingerprint density at radius 1 is 1.05 bits per heavy atom. The van der Waals surface area contributed by atoms with E-state index in [1.807, 2.05) is 19.6 Å². The van der Waals surface area contributed by atoms with Gasteiger partial charge in [0.25, 0.3) is 0 Å². The number of benzene rings is 1. The van der Waals surface area contributed by atoms with Gasteiger partial charge >= 0.3 is 15.6 Å². The normalized spacial score (nSPS) is 12.1. The lowest BCUT2D eigenvalue weighted by molar-refractivity contribution is -0.0499. The van der Waals surface area contributed by atoms with Crippen molar-refractivity contribution in [2.24, 2.45) is 0 Å². The van der Waals surface area contributed by atoms with Crippen LogP contribution in [-0.4, -0.2) is 22.0 Å². The molecule has 0 atom stereocenters. The molecule has 0 amide bonds. The average Bonchev–Trinajstić information content (AvgIpc) is 2.14. The van der Waals surface area contributed by atoms with Crippen molar-refractivity contribution in [3.8, 4) is 5.75 Å². The Morgan fingerprint density at radius 2 is 1.50 bits per heavy atom. The first-order chi connectivity index (χ1) is 7.95. The van der Waals surface area contributed by atoms with E-state index in [0.29, 0.717) is 5.19 Å². The van der Waals surface area contributed by atoms with Crippen molar-refractivity contribution < 1.29 is 35.2 Å². The lowest BCUT2D eigenvalue weighted by Crippen LogP contribution is -2.40. The van der Waals surface area contributed by atoms with Gasteiger partial charge in [0, 0.05) is 0 Å². The van der Waals surface area contributed by atoms with Crippen molar-refractivity contribution in [1.82, 2.24) is 0 Å². The molecule has 0 unspecified atom stereocenters. The molecule has 0 heterocycles. The van der Waals surface area contributed by atoms with E-state index in [1.165, 1.54) is 12.1 Å². The van der Waals surface area contributed by atoms with Gasteiger partial charge in [0.05, 0.1) is 8.07 Å². The summed E-state index contributed by atoms with van der Waals surface area (Å²) in [6.07, 6.45) is 0. The van der Waals surface area contributed by atoms with Crippen LogP contribution in [0.1, 0.15) is 0 Å². The third-order valence-electron chi connectivity index (χ3n) is 2.18. The maximum absolute atomic E-state index is 12.2. The Bertz CT molecular complexity index is 537. The standard InChI is InChI=1S/C10H13F3O3SSi.2FH/c1-18(2,3)9-7-5-4-6-8(9)16-17(14,15)10(11,12)13;;/h4-7H,1-3H3;2*1H. The molecule has 0 aliphatic rings. The van der Waals surface area contributed by atoms with Crippen LogP contribution < -0.4 is 9.37 Å². The molecule has 0 bridgehead atoms. The quantitative estimate of drug-likeness (QED) is 0.368. The molecule has 0 aliphatic heterocycles. The number of rotatable bonds is 3. The fourth-order valence-corrected chi connectivity index (χ4v) is 3.34. The van der Waals surface area contributed by atoms with Crippen molar-refractivity contribution >= 4 is 23.4 Å². The summed E-state index contributed by atoms with van der Waals surface area (Å²) < 4.78 is 62.9. The fraction of sp³-hybridized carbons (Fsp3) is 0.400. The minimum absolute atomic E-state index is 0. The highest BCUT2D eigenvalue weighted by Gasteiger charge is 2.49. The molecule has 3 nitrogen and oxygen atoms in total. The molecule has 0 aliphatic carbocycles. The molecular weight excluding hydrogens is 323 g/mol. The Labute approximate surface area is 114 Å². The molecule has 0 radical (unpaired) electrons. The van der Waals surface area contributed by atoms with Gasteiger partial charge in [-0.15, -0.1) is 0 Å². The summed E-state index contributed by atoms with van der Waals surface area (Å²) in [6, 6.07) is 5.90. The Morgan fingerprint density at radius 3 is 1.90 bits per heavy atom. The fourth-order valence-electron chi connectivity index (χ4n) is 1.32. The maximum atomic E-state index is 12.2. The van der Waals surface area contributed by atoms with Crippen LogP contribution in [0, 0.1) is 0 Å². The van der Waals surface area contributed by atoms with Gasteiger partial charge < -0.3 is 4.18 Å². The largest absolute Gasteiger partial charge is 0.534 e. The zero-order valence-electron chi connectivity index (χ0n) is 10.9. The summed E-state index contributed by atoms with van der Waals surface area (Å²) in [7, 11) is -7.60. The van der Waals surface area contributed by atoms with Crippen LogP contribution in [-0.2, 0) is 10.1 Å². The molecule has 20 heavy (non-hydrogen) atoms. The van der Waals surface area contributed by atoms with Gasteiger partial charge in [-0.2, -0.15) is 21.6 Å². The summed E-state index contributed by atoms with van der Waals surface area (Å²) >= 11 is 0. The minimum atomic E-state index is -5.61. The van der Waals surface area contributed by atoms with Crippen LogP contribution in [0.25, 0.3) is 0 Å². The highest BCUT2D eigenvalue weighted by Crippen LogP contribution is 2.27. The summed E-state index contributed by atoms with van der Waals surface area (Å²) in [5.74, 6) is -0.242. The second kappa shape index (κ2) is 6.53. The van der Waals surface area contributed by atoms with Gasteiger partial charge in [0.2, 0.25) is 0 Å². The van der Waals surface area contributed by atoms with Crippen LogP contribution in [0.2, 0.25) is 19.6 Å². The average molecular weight is 338 g/mol. The second-order valence-corrected chi connectivity index (χ2v) is 11.3. The SMILES string of the molecule is C[Si](C)(C)c1ccccc1OS(=O)(=O)C(F)(F)F.F.F. The lowest BCUT2D eigenvalue weighted by atomic mass is 10.3.